The number of nitro groups is 1. The van der Waals surface area contributed by atoms with E-state index in [2.05, 4.69) is 26.1 Å². The third kappa shape index (κ3) is 5.47. The maximum Gasteiger partial charge on any atom is 0.271 e. The van der Waals surface area contributed by atoms with E-state index in [1.54, 1.807) is 10.6 Å². The lowest BCUT2D eigenvalue weighted by molar-refractivity contribution is -0.384. The topological polar surface area (TPSA) is 102 Å². The first-order valence-corrected chi connectivity index (χ1v) is 12.2. The molecule has 0 radical (unpaired) electrons. The number of rotatable bonds is 6. The summed E-state index contributed by atoms with van der Waals surface area (Å²) in [7, 11) is 0. The van der Waals surface area contributed by atoms with Gasteiger partial charge in [0.1, 0.15) is 5.03 Å². The Labute approximate surface area is 211 Å². The van der Waals surface area contributed by atoms with Gasteiger partial charge in [-0.05, 0) is 36.8 Å². The number of aromatic nitrogens is 3. The monoisotopic (exact) mass is 509 g/mol. The van der Waals surface area contributed by atoms with Crippen LogP contribution < -0.4 is 5.32 Å². The largest absolute Gasteiger partial charge is 0.325 e. The molecule has 0 fully saturated rings. The van der Waals surface area contributed by atoms with Crippen molar-refractivity contribution in [2.45, 2.75) is 38.1 Å². The SMILES string of the molecule is Cc1nn2c(SCC(=O)Nc3cccc([N+](=O)[O-])c3)cc(C(C)(C)C)nc2c1-c1ccc(Cl)cc1. The second-order valence-corrected chi connectivity index (χ2v) is 10.5. The minimum atomic E-state index is -0.496. The highest BCUT2D eigenvalue weighted by molar-refractivity contribution is 7.99. The van der Waals surface area contributed by atoms with Crippen LogP contribution in [-0.4, -0.2) is 31.2 Å². The number of carbonyl (C=O) groups is 1. The predicted octanol–water partition coefficient (Wildman–Crippen LogP) is 6.29. The third-order valence-corrected chi connectivity index (χ3v) is 6.57. The van der Waals surface area contributed by atoms with Gasteiger partial charge in [-0.15, -0.1) is 0 Å². The van der Waals surface area contributed by atoms with Crippen LogP contribution >= 0.6 is 23.4 Å². The van der Waals surface area contributed by atoms with Crippen LogP contribution in [0.2, 0.25) is 5.02 Å². The highest BCUT2D eigenvalue weighted by Crippen LogP contribution is 2.33. The van der Waals surface area contributed by atoms with Crippen molar-refractivity contribution in [1.29, 1.82) is 0 Å². The molecule has 2 aromatic carbocycles. The number of non-ortho nitro benzene ring substituents is 1. The average molecular weight is 510 g/mol. The molecule has 10 heteroatoms. The van der Waals surface area contributed by atoms with E-state index in [0.717, 1.165) is 27.5 Å². The summed E-state index contributed by atoms with van der Waals surface area (Å²) in [6, 6.07) is 15.4. The lowest BCUT2D eigenvalue weighted by Gasteiger charge is -2.19. The summed E-state index contributed by atoms with van der Waals surface area (Å²) in [6.07, 6.45) is 0. The van der Waals surface area contributed by atoms with Gasteiger partial charge in [0.2, 0.25) is 5.91 Å². The van der Waals surface area contributed by atoms with Gasteiger partial charge in [-0.1, -0.05) is 62.3 Å². The standard InChI is InChI=1S/C25H24ClN5O3S/c1-15-23(16-8-10-17(26)11-9-16)24-28-20(25(2,3)4)13-22(30(24)29-15)35-14-21(32)27-18-6-5-7-19(12-18)31(33)34/h5-13H,14H2,1-4H3,(H,27,32). The molecule has 2 heterocycles. The van der Waals surface area contributed by atoms with Gasteiger partial charge in [0.25, 0.3) is 5.69 Å². The molecule has 0 aliphatic carbocycles. The molecule has 0 unspecified atom stereocenters. The maximum atomic E-state index is 12.7. The highest BCUT2D eigenvalue weighted by atomic mass is 35.5. The number of fused-ring (bicyclic) bond motifs is 1. The van der Waals surface area contributed by atoms with Crippen molar-refractivity contribution in [1.82, 2.24) is 14.6 Å². The maximum absolute atomic E-state index is 12.7. The molecule has 0 spiro atoms. The molecular weight excluding hydrogens is 486 g/mol. The van der Waals surface area contributed by atoms with Gasteiger partial charge in [-0.25, -0.2) is 9.50 Å². The van der Waals surface area contributed by atoms with E-state index in [1.165, 1.54) is 30.0 Å². The van der Waals surface area contributed by atoms with E-state index in [1.807, 2.05) is 37.3 Å². The fraction of sp³-hybridized carbons (Fsp3) is 0.240. The number of amides is 1. The zero-order valence-corrected chi connectivity index (χ0v) is 21.3. The van der Waals surface area contributed by atoms with E-state index in [0.29, 0.717) is 16.4 Å². The minimum absolute atomic E-state index is 0.0807. The average Bonchev–Trinajstić information content (AvgIpc) is 3.13. The Balaban J connectivity index is 1.67. The van der Waals surface area contributed by atoms with E-state index in [-0.39, 0.29) is 22.8 Å². The van der Waals surface area contributed by atoms with Gasteiger partial charge < -0.3 is 5.32 Å². The van der Waals surface area contributed by atoms with Gasteiger partial charge in [0, 0.05) is 33.8 Å². The Morgan fingerprint density at radius 2 is 1.89 bits per heavy atom. The van der Waals surface area contributed by atoms with Crippen molar-refractivity contribution < 1.29 is 9.72 Å². The van der Waals surface area contributed by atoms with Crippen LogP contribution in [0.5, 0.6) is 0 Å². The minimum Gasteiger partial charge on any atom is -0.325 e. The fourth-order valence-electron chi connectivity index (χ4n) is 3.57. The number of hydrogen-bond donors (Lipinski definition) is 1. The van der Waals surface area contributed by atoms with Crippen molar-refractivity contribution in [3.63, 3.8) is 0 Å². The molecule has 8 nitrogen and oxygen atoms in total. The summed E-state index contributed by atoms with van der Waals surface area (Å²) in [5.74, 6) is -0.180. The third-order valence-electron chi connectivity index (χ3n) is 5.32. The molecule has 4 rings (SSSR count). The molecule has 0 bridgehead atoms. The number of aryl methyl sites for hydroxylation is 1. The molecule has 4 aromatic rings. The number of nitrogens with zero attached hydrogens (tertiary/aromatic N) is 4. The summed E-state index contributed by atoms with van der Waals surface area (Å²) >= 11 is 7.41. The first-order chi connectivity index (χ1) is 16.5. The lowest BCUT2D eigenvalue weighted by Crippen LogP contribution is -2.17. The molecule has 0 atom stereocenters. The number of benzene rings is 2. The Bertz CT molecular complexity index is 1430. The van der Waals surface area contributed by atoms with E-state index in [4.69, 9.17) is 21.7 Å². The number of nitro benzene ring substituents is 1. The van der Waals surface area contributed by atoms with Gasteiger partial charge >= 0.3 is 0 Å². The van der Waals surface area contributed by atoms with Gasteiger partial charge in [-0.2, -0.15) is 5.10 Å². The molecule has 180 valence electrons. The molecule has 35 heavy (non-hydrogen) atoms. The summed E-state index contributed by atoms with van der Waals surface area (Å²) in [5.41, 5.74) is 4.34. The van der Waals surface area contributed by atoms with Crippen molar-refractivity contribution in [3.05, 3.63) is 81.1 Å². The molecule has 2 aromatic heterocycles. The molecule has 0 aliphatic rings. The second kappa shape index (κ2) is 9.67. The van der Waals surface area contributed by atoms with E-state index >= 15 is 0 Å². The summed E-state index contributed by atoms with van der Waals surface area (Å²) in [6.45, 7) is 8.18. The molecule has 0 saturated carbocycles. The Morgan fingerprint density at radius 3 is 2.54 bits per heavy atom. The zero-order chi connectivity index (χ0) is 25.3. The van der Waals surface area contributed by atoms with Gasteiger partial charge in [0.15, 0.2) is 5.65 Å². The van der Waals surface area contributed by atoms with E-state index in [9.17, 15) is 14.9 Å². The van der Waals surface area contributed by atoms with Crippen molar-refractivity contribution in [3.8, 4) is 11.1 Å². The smallest absolute Gasteiger partial charge is 0.271 e. The quantitative estimate of drug-likeness (QED) is 0.142. The van der Waals surface area contributed by atoms with Crippen LogP contribution in [0.4, 0.5) is 11.4 Å². The van der Waals surface area contributed by atoms with Crippen molar-refractivity contribution >= 4 is 46.3 Å². The first kappa shape index (κ1) is 24.7. The highest BCUT2D eigenvalue weighted by Gasteiger charge is 2.23. The number of nitrogens with one attached hydrogen (secondary N) is 1. The second-order valence-electron chi connectivity index (χ2n) is 9.08. The molecule has 1 N–H and O–H groups in total. The van der Waals surface area contributed by atoms with E-state index < -0.39 is 4.92 Å². The van der Waals surface area contributed by atoms with Crippen LogP contribution in [0, 0.1) is 17.0 Å². The first-order valence-electron chi connectivity index (χ1n) is 10.9. The summed E-state index contributed by atoms with van der Waals surface area (Å²) < 4.78 is 1.76. The van der Waals surface area contributed by atoms with Gasteiger partial charge in [0.05, 0.1) is 22.1 Å². The van der Waals surface area contributed by atoms with Crippen LogP contribution in [-0.2, 0) is 10.2 Å². The van der Waals surface area contributed by atoms with Gasteiger partial charge in [-0.3, -0.25) is 14.9 Å². The Morgan fingerprint density at radius 1 is 1.17 bits per heavy atom. The summed E-state index contributed by atoms with van der Waals surface area (Å²) in [4.78, 5) is 28.1. The molecule has 0 aliphatic heterocycles. The fourth-order valence-corrected chi connectivity index (χ4v) is 4.49. The van der Waals surface area contributed by atoms with Crippen molar-refractivity contribution in [2.75, 3.05) is 11.1 Å². The number of hydrogen-bond acceptors (Lipinski definition) is 6. The number of anilines is 1. The van der Waals surface area contributed by atoms with Crippen LogP contribution in [0.15, 0.2) is 59.6 Å². The molecular formula is C25H24ClN5O3S. The molecule has 0 saturated heterocycles. The Hall–Kier alpha value is -3.43. The lowest BCUT2D eigenvalue weighted by atomic mass is 9.92. The molecule has 1 amide bonds. The number of thioether (sulfide) groups is 1. The van der Waals surface area contributed by atoms with Crippen LogP contribution in [0.3, 0.4) is 0 Å². The van der Waals surface area contributed by atoms with Crippen LogP contribution in [0.1, 0.15) is 32.2 Å². The number of carbonyl (C=O) groups excluding carboxylic acids is 1. The number of halogens is 1. The normalized spacial score (nSPS) is 11.6. The van der Waals surface area contributed by atoms with Crippen LogP contribution in [0.25, 0.3) is 16.8 Å². The Kier molecular flexibility index (Phi) is 6.82. The zero-order valence-electron chi connectivity index (χ0n) is 19.7. The predicted molar refractivity (Wildman–Crippen MR) is 139 cm³/mol. The summed E-state index contributed by atoms with van der Waals surface area (Å²) in [5, 5.41) is 19.9. The van der Waals surface area contributed by atoms with Crippen molar-refractivity contribution in [2.24, 2.45) is 0 Å².